The van der Waals surface area contributed by atoms with Crippen LogP contribution < -0.4 is 5.48 Å². The Bertz CT molecular complexity index is 1050. The summed E-state index contributed by atoms with van der Waals surface area (Å²) in [6.45, 7) is 11.2. The van der Waals surface area contributed by atoms with Gasteiger partial charge in [-0.15, -0.1) is 0 Å². The van der Waals surface area contributed by atoms with E-state index in [1.165, 1.54) is 33.8 Å². The zero-order valence-electron chi connectivity index (χ0n) is 21.6. The predicted molar refractivity (Wildman–Crippen MR) is 135 cm³/mol. The minimum Gasteiger partial charge on any atom is -0.335 e. The summed E-state index contributed by atoms with van der Waals surface area (Å²) in [5.41, 5.74) is 5.43. The Kier molecular flexibility index (Phi) is 7.32. The molecule has 3 heterocycles. The number of carbonyl (C=O) groups excluding carboxylic acids is 1. The third kappa shape index (κ3) is 5.72. The van der Waals surface area contributed by atoms with Gasteiger partial charge in [-0.25, -0.2) is 0 Å². The number of benzene rings is 1. The van der Waals surface area contributed by atoms with Crippen molar-refractivity contribution < 1.29 is 18.0 Å². The van der Waals surface area contributed by atoms with E-state index < -0.39 is 15.8 Å². The number of piperazine rings is 1. The normalized spacial score (nSPS) is 21.9. The monoisotopic (exact) mass is 505 g/mol. The lowest BCUT2D eigenvalue weighted by atomic mass is 9.87. The van der Waals surface area contributed by atoms with E-state index in [4.69, 9.17) is 4.84 Å². The van der Waals surface area contributed by atoms with Gasteiger partial charge in [-0.1, -0.05) is 45.0 Å². The van der Waals surface area contributed by atoms with Crippen molar-refractivity contribution in [2.24, 2.45) is 0 Å². The van der Waals surface area contributed by atoms with Crippen molar-refractivity contribution in [3.63, 3.8) is 0 Å². The molecule has 0 radical (unpaired) electrons. The van der Waals surface area contributed by atoms with Gasteiger partial charge in [0.2, 0.25) is 0 Å². The Morgan fingerprint density at radius 2 is 1.63 bits per heavy atom. The van der Waals surface area contributed by atoms with Crippen molar-refractivity contribution in [2.75, 3.05) is 53.4 Å². The van der Waals surface area contributed by atoms with Gasteiger partial charge in [0.05, 0.1) is 0 Å². The summed E-state index contributed by atoms with van der Waals surface area (Å²) in [5.74, 6) is -0.0561. The fraction of sp³-hybridized carbons (Fsp3) is 0.640. The maximum Gasteiger partial charge on any atom is 0.281 e. The van der Waals surface area contributed by atoms with E-state index in [9.17, 15) is 13.2 Å². The average Bonchev–Trinajstić information content (AvgIpc) is 3.22. The molecule has 1 N–H and O–H groups in total. The van der Waals surface area contributed by atoms with Crippen LogP contribution in [-0.4, -0.2) is 91.7 Å². The van der Waals surface area contributed by atoms with E-state index in [0.29, 0.717) is 44.7 Å². The maximum atomic E-state index is 13.1. The molecule has 0 unspecified atom stereocenters. The van der Waals surface area contributed by atoms with Crippen LogP contribution in [0.4, 0.5) is 0 Å². The average molecular weight is 506 g/mol. The highest BCUT2D eigenvalue weighted by Crippen LogP contribution is 2.33. The second-order valence-corrected chi connectivity index (χ2v) is 13.2. The number of nitrogens with zero attached hydrogens (tertiary/aromatic N) is 4. The molecular formula is C25H39N5O4S. The first kappa shape index (κ1) is 26.1. The number of amides is 1. The number of hydroxylamine groups is 1. The van der Waals surface area contributed by atoms with Crippen LogP contribution in [0.5, 0.6) is 0 Å². The van der Waals surface area contributed by atoms with Crippen LogP contribution in [0.2, 0.25) is 0 Å². The summed E-state index contributed by atoms with van der Waals surface area (Å²) in [6, 6.07) is 8.83. The molecule has 0 atom stereocenters. The quantitative estimate of drug-likeness (QED) is 0.656. The van der Waals surface area contributed by atoms with E-state index in [1.54, 1.807) is 0 Å². The largest absolute Gasteiger partial charge is 0.335 e. The van der Waals surface area contributed by atoms with E-state index in [-0.39, 0.29) is 11.3 Å². The summed E-state index contributed by atoms with van der Waals surface area (Å²) >= 11 is 0. The second-order valence-electron chi connectivity index (χ2n) is 11.0. The molecule has 0 bridgehead atoms. The fourth-order valence-corrected chi connectivity index (χ4v) is 5.91. The molecule has 35 heavy (non-hydrogen) atoms. The van der Waals surface area contributed by atoms with Crippen LogP contribution in [0.15, 0.2) is 36.0 Å². The Balaban J connectivity index is 1.29. The molecule has 1 aromatic carbocycles. The topological polar surface area (TPSA) is 85.4 Å². The van der Waals surface area contributed by atoms with Crippen molar-refractivity contribution >= 4 is 16.1 Å². The lowest BCUT2D eigenvalue weighted by molar-refractivity contribution is -0.131. The number of hydrogen-bond donors (Lipinski definition) is 1. The molecule has 194 valence electrons. The zero-order chi connectivity index (χ0) is 25.4. The molecule has 0 saturated carbocycles. The van der Waals surface area contributed by atoms with E-state index in [1.807, 2.05) is 11.0 Å². The molecule has 4 rings (SSSR count). The summed E-state index contributed by atoms with van der Waals surface area (Å²) in [5, 5.41) is 0. The van der Waals surface area contributed by atoms with Crippen LogP contribution in [0.1, 0.15) is 44.7 Å². The summed E-state index contributed by atoms with van der Waals surface area (Å²) in [6.07, 6.45) is 2.87. The van der Waals surface area contributed by atoms with Gasteiger partial charge in [0.1, 0.15) is 11.3 Å². The van der Waals surface area contributed by atoms with Gasteiger partial charge < -0.3 is 4.90 Å². The van der Waals surface area contributed by atoms with Gasteiger partial charge in [0.15, 0.2) is 0 Å². The van der Waals surface area contributed by atoms with E-state index in [2.05, 4.69) is 55.4 Å². The zero-order valence-corrected chi connectivity index (χ0v) is 22.4. The Labute approximate surface area is 209 Å². The SMILES string of the molecule is CN(C)S(=O)(=O)N1CCC2(C=C(C(=O)N3CCN(Cc4ccc(C(C)(C)C)cc4)CC3)NO2)CC1. The molecule has 0 aromatic heterocycles. The minimum atomic E-state index is -3.44. The van der Waals surface area contributed by atoms with Gasteiger partial charge in [-0.2, -0.15) is 17.0 Å². The summed E-state index contributed by atoms with van der Waals surface area (Å²) < 4.78 is 27.4. The molecule has 2 fully saturated rings. The lowest BCUT2D eigenvalue weighted by Crippen LogP contribution is -2.49. The number of hydrogen-bond acceptors (Lipinski definition) is 6. The molecule has 1 aromatic rings. The van der Waals surface area contributed by atoms with Crippen LogP contribution in [0, 0.1) is 0 Å². The second kappa shape index (κ2) is 9.82. The first-order valence-electron chi connectivity index (χ1n) is 12.4. The van der Waals surface area contributed by atoms with Crippen molar-refractivity contribution in [2.45, 2.75) is 51.2 Å². The van der Waals surface area contributed by atoms with E-state index in [0.717, 1.165) is 19.6 Å². The highest BCUT2D eigenvalue weighted by Gasteiger charge is 2.43. The molecule has 10 heteroatoms. The van der Waals surface area contributed by atoms with Crippen molar-refractivity contribution in [1.82, 2.24) is 23.9 Å². The Hall–Kier alpha value is -1.98. The minimum absolute atomic E-state index is 0.0561. The smallest absolute Gasteiger partial charge is 0.281 e. The third-order valence-corrected chi connectivity index (χ3v) is 9.18. The Morgan fingerprint density at radius 3 is 2.17 bits per heavy atom. The molecule has 9 nitrogen and oxygen atoms in total. The molecule has 1 amide bonds. The predicted octanol–water partition coefficient (Wildman–Crippen LogP) is 1.69. The number of nitrogens with one attached hydrogen (secondary N) is 1. The highest BCUT2D eigenvalue weighted by atomic mass is 32.2. The Morgan fingerprint density at radius 1 is 1.03 bits per heavy atom. The number of piperidine rings is 1. The fourth-order valence-electron chi connectivity index (χ4n) is 4.80. The van der Waals surface area contributed by atoms with E-state index >= 15 is 0 Å². The van der Waals surface area contributed by atoms with Crippen LogP contribution in [0.3, 0.4) is 0 Å². The molecule has 3 aliphatic heterocycles. The van der Waals surface area contributed by atoms with Crippen molar-refractivity contribution in [3.8, 4) is 0 Å². The van der Waals surface area contributed by atoms with Gasteiger partial charge in [0, 0.05) is 59.9 Å². The van der Waals surface area contributed by atoms with Crippen LogP contribution >= 0.6 is 0 Å². The van der Waals surface area contributed by atoms with Crippen LogP contribution in [-0.2, 0) is 31.8 Å². The first-order valence-corrected chi connectivity index (χ1v) is 13.7. The van der Waals surface area contributed by atoms with Crippen LogP contribution in [0.25, 0.3) is 0 Å². The van der Waals surface area contributed by atoms with Crippen molar-refractivity contribution in [1.29, 1.82) is 0 Å². The number of rotatable bonds is 5. The van der Waals surface area contributed by atoms with Gasteiger partial charge in [-0.3, -0.25) is 20.0 Å². The molecule has 3 aliphatic rings. The van der Waals surface area contributed by atoms with Gasteiger partial charge >= 0.3 is 0 Å². The molecular weight excluding hydrogens is 466 g/mol. The third-order valence-electron chi connectivity index (χ3n) is 7.24. The molecule has 0 aliphatic carbocycles. The molecule has 1 spiro atoms. The van der Waals surface area contributed by atoms with Crippen molar-refractivity contribution in [3.05, 3.63) is 47.2 Å². The van der Waals surface area contributed by atoms with Gasteiger partial charge in [-0.05, 0) is 35.5 Å². The molecule has 2 saturated heterocycles. The maximum absolute atomic E-state index is 13.1. The first-order chi connectivity index (χ1) is 16.4. The highest BCUT2D eigenvalue weighted by molar-refractivity contribution is 7.86. The summed E-state index contributed by atoms with van der Waals surface area (Å²) in [4.78, 5) is 23.2. The lowest BCUT2D eigenvalue weighted by Gasteiger charge is -2.36. The summed E-state index contributed by atoms with van der Waals surface area (Å²) in [7, 11) is -0.371. The number of carbonyl (C=O) groups is 1. The standard InChI is InChI=1S/C25H39N5O4S/c1-24(2,3)21-8-6-20(7-9-21)19-28-14-16-29(17-15-28)23(31)22-18-25(34-26-22)10-12-30(13-11-25)35(32,33)27(4)5/h6-9,18,26H,10-17,19H2,1-5H3. The van der Waals surface area contributed by atoms with Gasteiger partial charge in [0.25, 0.3) is 16.1 Å².